The van der Waals surface area contributed by atoms with Crippen molar-refractivity contribution in [2.75, 3.05) is 11.9 Å². The van der Waals surface area contributed by atoms with E-state index in [-0.39, 0.29) is 18.4 Å². The smallest absolute Gasteiger partial charge is 0.271 e. The topological polar surface area (TPSA) is 79.8 Å². The Bertz CT molecular complexity index is 1120. The van der Waals surface area contributed by atoms with Crippen molar-refractivity contribution in [3.8, 4) is 5.75 Å². The molecular formula is C23H19BrClN3O3. The molecule has 158 valence electrons. The van der Waals surface area contributed by atoms with Gasteiger partial charge < -0.3 is 10.1 Å². The van der Waals surface area contributed by atoms with E-state index in [1.54, 1.807) is 42.5 Å². The Morgan fingerprint density at radius 1 is 1.10 bits per heavy atom. The molecule has 0 fully saturated rings. The Morgan fingerprint density at radius 2 is 1.84 bits per heavy atom. The first kappa shape index (κ1) is 22.5. The van der Waals surface area contributed by atoms with Crippen LogP contribution in [0.15, 0.2) is 76.3 Å². The summed E-state index contributed by atoms with van der Waals surface area (Å²) in [7, 11) is 0. The monoisotopic (exact) mass is 499 g/mol. The number of para-hydroxylation sites is 1. The van der Waals surface area contributed by atoms with Crippen LogP contribution in [0.2, 0.25) is 5.02 Å². The van der Waals surface area contributed by atoms with Crippen LogP contribution < -0.4 is 15.5 Å². The molecule has 0 aliphatic rings. The summed E-state index contributed by atoms with van der Waals surface area (Å²) in [6.45, 7) is 1.79. The summed E-state index contributed by atoms with van der Waals surface area (Å²) >= 11 is 9.23. The summed E-state index contributed by atoms with van der Waals surface area (Å²) in [5, 5.41) is 7.33. The van der Waals surface area contributed by atoms with Crippen LogP contribution in [0.3, 0.4) is 0 Å². The summed E-state index contributed by atoms with van der Waals surface area (Å²) in [5.41, 5.74) is 5.37. The van der Waals surface area contributed by atoms with E-state index in [1.807, 2.05) is 31.2 Å². The molecule has 6 nitrogen and oxygen atoms in total. The van der Waals surface area contributed by atoms with Crippen molar-refractivity contribution in [1.82, 2.24) is 5.43 Å². The average Bonchev–Trinajstić information content (AvgIpc) is 2.75. The molecular weight excluding hydrogens is 482 g/mol. The number of hydrogen-bond donors (Lipinski definition) is 2. The number of hydrogen-bond acceptors (Lipinski definition) is 4. The van der Waals surface area contributed by atoms with Gasteiger partial charge in [0.05, 0.1) is 10.7 Å². The fourth-order valence-electron chi connectivity index (χ4n) is 2.59. The number of hydrazone groups is 1. The van der Waals surface area contributed by atoms with Crippen LogP contribution in [0.5, 0.6) is 5.75 Å². The number of nitrogens with one attached hydrogen (secondary N) is 2. The second-order valence-corrected chi connectivity index (χ2v) is 7.84. The lowest BCUT2D eigenvalue weighted by Crippen LogP contribution is -2.20. The zero-order valence-corrected chi connectivity index (χ0v) is 18.9. The molecule has 0 saturated carbocycles. The van der Waals surface area contributed by atoms with Gasteiger partial charge in [0, 0.05) is 16.3 Å². The lowest BCUT2D eigenvalue weighted by atomic mass is 10.2. The van der Waals surface area contributed by atoms with Gasteiger partial charge in [-0.1, -0.05) is 29.8 Å². The summed E-state index contributed by atoms with van der Waals surface area (Å²) in [5.74, 6) is -0.0781. The van der Waals surface area contributed by atoms with Crippen molar-refractivity contribution in [3.05, 3.63) is 92.9 Å². The number of ether oxygens (including phenoxy) is 1. The van der Waals surface area contributed by atoms with Crippen LogP contribution in [0.1, 0.15) is 21.5 Å². The number of nitrogens with zero attached hydrogens (tertiary/aromatic N) is 1. The van der Waals surface area contributed by atoms with Gasteiger partial charge in [-0.2, -0.15) is 5.10 Å². The lowest BCUT2D eigenvalue weighted by molar-refractivity contribution is -0.118. The normalized spacial score (nSPS) is 10.7. The van der Waals surface area contributed by atoms with Crippen LogP contribution in [0.4, 0.5) is 5.69 Å². The molecule has 0 aliphatic carbocycles. The minimum absolute atomic E-state index is 0.127. The van der Waals surface area contributed by atoms with Crippen molar-refractivity contribution in [1.29, 1.82) is 0 Å². The Labute approximate surface area is 193 Å². The van der Waals surface area contributed by atoms with E-state index < -0.39 is 0 Å². The van der Waals surface area contributed by atoms with Crippen molar-refractivity contribution in [2.24, 2.45) is 5.10 Å². The highest BCUT2D eigenvalue weighted by Gasteiger charge is 2.08. The summed E-state index contributed by atoms with van der Waals surface area (Å²) in [4.78, 5) is 24.2. The molecule has 0 atom stereocenters. The van der Waals surface area contributed by atoms with Crippen molar-refractivity contribution < 1.29 is 14.3 Å². The number of aryl methyl sites for hydroxylation is 1. The first-order valence-electron chi connectivity index (χ1n) is 9.29. The second-order valence-electron chi connectivity index (χ2n) is 6.55. The molecule has 2 amide bonds. The minimum Gasteiger partial charge on any atom is -0.483 e. The molecule has 0 radical (unpaired) electrons. The van der Waals surface area contributed by atoms with Gasteiger partial charge in [0.2, 0.25) is 0 Å². The van der Waals surface area contributed by atoms with Crippen LogP contribution in [-0.4, -0.2) is 24.6 Å². The van der Waals surface area contributed by atoms with E-state index >= 15 is 0 Å². The molecule has 0 aliphatic heterocycles. The van der Waals surface area contributed by atoms with E-state index in [0.717, 1.165) is 16.8 Å². The molecule has 8 heteroatoms. The zero-order valence-electron chi connectivity index (χ0n) is 16.6. The van der Waals surface area contributed by atoms with Crippen LogP contribution in [-0.2, 0) is 4.79 Å². The number of rotatable bonds is 7. The molecule has 0 unspecified atom stereocenters. The van der Waals surface area contributed by atoms with E-state index in [4.69, 9.17) is 16.3 Å². The lowest BCUT2D eigenvalue weighted by Gasteiger charge is -2.10. The minimum atomic E-state index is -0.341. The maximum absolute atomic E-state index is 12.1. The molecule has 2 N–H and O–H groups in total. The summed E-state index contributed by atoms with van der Waals surface area (Å²) in [6.07, 6.45) is 1.51. The fourth-order valence-corrected chi connectivity index (χ4v) is 3.23. The predicted molar refractivity (Wildman–Crippen MR) is 126 cm³/mol. The van der Waals surface area contributed by atoms with Gasteiger partial charge in [0.15, 0.2) is 6.61 Å². The molecule has 31 heavy (non-hydrogen) atoms. The average molecular weight is 501 g/mol. The first-order valence-corrected chi connectivity index (χ1v) is 10.5. The Morgan fingerprint density at radius 3 is 2.55 bits per heavy atom. The summed E-state index contributed by atoms with van der Waals surface area (Å²) < 4.78 is 6.25. The third-order valence-electron chi connectivity index (χ3n) is 4.22. The fraction of sp³-hybridized carbons (Fsp3) is 0.0870. The maximum Gasteiger partial charge on any atom is 0.271 e. The number of anilines is 1. The third-order valence-corrected chi connectivity index (χ3v) is 5.09. The van der Waals surface area contributed by atoms with Crippen LogP contribution >= 0.6 is 27.5 Å². The van der Waals surface area contributed by atoms with Gasteiger partial charge in [-0.15, -0.1) is 0 Å². The first-order chi connectivity index (χ1) is 14.9. The van der Waals surface area contributed by atoms with Gasteiger partial charge in [0.1, 0.15) is 5.75 Å². The molecule has 3 rings (SSSR count). The van der Waals surface area contributed by atoms with Crippen LogP contribution in [0.25, 0.3) is 0 Å². The van der Waals surface area contributed by atoms with Gasteiger partial charge in [0.25, 0.3) is 11.8 Å². The molecule has 3 aromatic rings. The highest BCUT2D eigenvalue weighted by atomic mass is 79.9. The SMILES string of the molecule is Cc1ccccc1NC(=O)COc1ccc(/C=N/NC(=O)c2ccc(Cl)cc2)cc1Br. The van der Waals surface area contributed by atoms with Gasteiger partial charge in [-0.25, -0.2) is 5.43 Å². The third kappa shape index (κ3) is 6.67. The number of carbonyl (C=O) groups excluding carboxylic acids is 2. The molecule has 0 saturated heterocycles. The van der Waals surface area contributed by atoms with E-state index in [9.17, 15) is 9.59 Å². The van der Waals surface area contributed by atoms with Crippen molar-refractivity contribution in [3.63, 3.8) is 0 Å². The molecule has 0 aromatic heterocycles. The van der Waals surface area contributed by atoms with Gasteiger partial charge >= 0.3 is 0 Å². The Balaban J connectivity index is 1.52. The quantitative estimate of drug-likeness (QED) is 0.346. The number of amides is 2. The molecule has 0 heterocycles. The highest BCUT2D eigenvalue weighted by Crippen LogP contribution is 2.25. The Hall–Kier alpha value is -3.16. The number of benzene rings is 3. The van der Waals surface area contributed by atoms with E-state index in [2.05, 4.69) is 31.8 Å². The zero-order chi connectivity index (χ0) is 22.2. The van der Waals surface area contributed by atoms with E-state index in [1.165, 1.54) is 6.21 Å². The van der Waals surface area contributed by atoms with Crippen molar-refractivity contribution >= 4 is 51.2 Å². The standard InChI is InChI=1S/C23H19BrClN3O3/c1-15-4-2-3-5-20(15)27-22(29)14-31-21-11-6-16(12-19(21)24)13-26-28-23(30)17-7-9-18(25)10-8-17/h2-13H,14H2,1H3,(H,27,29)(H,28,30)/b26-13+. The van der Waals surface area contributed by atoms with Gasteiger partial charge in [-0.05, 0) is 82.5 Å². The predicted octanol–water partition coefficient (Wildman–Crippen LogP) is 5.19. The summed E-state index contributed by atoms with van der Waals surface area (Å²) in [6, 6.07) is 19.3. The maximum atomic E-state index is 12.1. The molecule has 0 spiro atoms. The van der Waals surface area contributed by atoms with Crippen molar-refractivity contribution in [2.45, 2.75) is 6.92 Å². The Kier molecular flexibility index (Phi) is 7.81. The molecule has 0 bridgehead atoms. The molecule has 3 aromatic carbocycles. The second kappa shape index (κ2) is 10.7. The highest BCUT2D eigenvalue weighted by molar-refractivity contribution is 9.10. The van der Waals surface area contributed by atoms with E-state index in [0.29, 0.717) is 20.8 Å². The van der Waals surface area contributed by atoms with Gasteiger partial charge in [-0.3, -0.25) is 9.59 Å². The number of carbonyl (C=O) groups is 2. The largest absolute Gasteiger partial charge is 0.483 e. The van der Waals surface area contributed by atoms with Crippen LogP contribution in [0, 0.1) is 6.92 Å². The number of halogens is 2.